The lowest BCUT2D eigenvalue weighted by Gasteiger charge is -2.29. The Kier molecular flexibility index (Phi) is 9.37. The number of rotatable bonds is 7. The molecule has 3 heteroatoms. The van der Waals surface area contributed by atoms with Gasteiger partial charge in [0.25, 0.3) is 0 Å². The third-order valence-corrected chi connectivity index (χ3v) is 14.0. The van der Waals surface area contributed by atoms with Crippen molar-refractivity contribution in [1.82, 2.24) is 4.57 Å². The van der Waals surface area contributed by atoms with Crippen LogP contribution in [-0.2, 0) is 5.41 Å². The van der Waals surface area contributed by atoms with Crippen LogP contribution in [0.25, 0.3) is 93.9 Å². The number of furan rings is 1. The van der Waals surface area contributed by atoms with E-state index in [0.717, 1.165) is 55.7 Å². The molecule has 320 valence electrons. The van der Waals surface area contributed by atoms with E-state index < -0.39 is 0 Å². The molecule has 0 aliphatic heterocycles. The van der Waals surface area contributed by atoms with Gasteiger partial charge in [0.1, 0.15) is 11.2 Å². The van der Waals surface area contributed by atoms with Gasteiger partial charge in [0, 0.05) is 49.6 Å². The third kappa shape index (κ3) is 6.34. The molecule has 12 aromatic rings. The van der Waals surface area contributed by atoms with Crippen LogP contribution in [0.1, 0.15) is 32.4 Å². The summed E-state index contributed by atoms with van der Waals surface area (Å²) < 4.78 is 8.95. The Labute approximate surface area is 391 Å². The van der Waals surface area contributed by atoms with Crippen LogP contribution in [-0.4, -0.2) is 4.57 Å². The summed E-state index contributed by atoms with van der Waals surface area (Å²) >= 11 is 0. The van der Waals surface area contributed by atoms with Crippen LogP contribution in [0.3, 0.4) is 0 Å². The summed E-state index contributed by atoms with van der Waals surface area (Å²) in [6.07, 6.45) is 0. The molecule has 0 saturated carbocycles. The smallest absolute Gasteiger partial charge is 0.136 e. The molecule has 0 bridgehead atoms. The van der Waals surface area contributed by atoms with Gasteiger partial charge in [-0.15, -0.1) is 0 Å². The second-order valence-electron chi connectivity index (χ2n) is 18.1. The van der Waals surface area contributed by atoms with Gasteiger partial charge in [-0.25, -0.2) is 0 Å². The van der Waals surface area contributed by atoms with Gasteiger partial charge in [0.15, 0.2) is 0 Å². The molecule has 1 aliphatic rings. The molecule has 0 amide bonds. The number of benzene rings is 10. The van der Waals surface area contributed by atoms with E-state index in [0.29, 0.717) is 0 Å². The standard InChI is InChI=1S/C63H44N2O.CH4/c1-63(2)54-22-11-9-20-51(54)62-55(63)23-14-25-58(62)64(47-33-27-42(28-34-47)41-15-5-3-6-16-41)48-35-29-43(30-36-48)49-21-13-26-60-61(49)53-40-45(32-38-59(53)66-60)44-31-37-57-52(39-44)50-19-10-12-24-56(50)65(57)46-17-7-4-8-18-46;/h3-40H,1-2H3;1H4. The fourth-order valence-corrected chi connectivity index (χ4v) is 10.8. The van der Waals surface area contributed by atoms with E-state index in [1.165, 1.54) is 66.4 Å². The third-order valence-electron chi connectivity index (χ3n) is 14.0. The Morgan fingerprint density at radius 2 is 0.970 bits per heavy atom. The summed E-state index contributed by atoms with van der Waals surface area (Å²) in [7, 11) is 0. The molecule has 0 radical (unpaired) electrons. The van der Waals surface area contributed by atoms with Gasteiger partial charge in [0.05, 0.1) is 16.7 Å². The van der Waals surface area contributed by atoms with Gasteiger partial charge in [-0.1, -0.05) is 173 Å². The molecular formula is C64H48N2O. The first kappa shape index (κ1) is 40.1. The SMILES string of the molecule is C.CC1(C)c2ccccc2-c2c(N(c3ccc(-c4ccccc4)cc3)c3ccc(-c4cccc5oc6ccc(-c7ccc8c(c7)c7ccccc7n8-c7ccccc7)cc6c45)cc3)cccc21. The van der Waals surface area contributed by atoms with Crippen molar-refractivity contribution in [2.45, 2.75) is 26.7 Å². The first-order chi connectivity index (χ1) is 32.5. The van der Waals surface area contributed by atoms with Crippen molar-refractivity contribution in [3.05, 3.63) is 242 Å². The van der Waals surface area contributed by atoms with E-state index in [9.17, 15) is 0 Å². The molecular weight excluding hydrogens is 813 g/mol. The number of para-hydroxylation sites is 2. The second-order valence-corrected chi connectivity index (χ2v) is 18.1. The van der Waals surface area contributed by atoms with Gasteiger partial charge in [-0.2, -0.15) is 0 Å². The van der Waals surface area contributed by atoms with E-state index in [1.54, 1.807) is 0 Å². The maximum Gasteiger partial charge on any atom is 0.136 e. The molecule has 3 nitrogen and oxygen atoms in total. The monoisotopic (exact) mass is 860 g/mol. The fourth-order valence-electron chi connectivity index (χ4n) is 10.8. The summed E-state index contributed by atoms with van der Waals surface area (Å²) in [5.41, 5.74) is 20.9. The van der Waals surface area contributed by atoms with Crippen LogP contribution in [0.4, 0.5) is 17.1 Å². The molecule has 0 saturated heterocycles. The molecule has 10 aromatic carbocycles. The lowest BCUT2D eigenvalue weighted by Crippen LogP contribution is -2.16. The van der Waals surface area contributed by atoms with Crippen LogP contribution < -0.4 is 4.90 Å². The normalized spacial score (nSPS) is 12.6. The van der Waals surface area contributed by atoms with Gasteiger partial charge >= 0.3 is 0 Å². The van der Waals surface area contributed by atoms with Crippen LogP contribution in [0.5, 0.6) is 0 Å². The molecule has 0 N–H and O–H groups in total. The Hall–Kier alpha value is -8.40. The minimum Gasteiger partial charge on any atom is -0.456 e. The highest BCUT2D eigenvalue weighted by atomic mass is 16.3. The number of aromatic nitrogens is 1. The van der Waals surface area contributed by atoms with Crippen molar-refractivity contribution in [2.75, 3.05) is 4.90 Å². The van der Waals surface area contributed by atoms with Crippen molar-refractivity contribution in [3.63, 3.8) is 0 Å². The first-order valence-electron chi connectivity index (χ1n) is 22.8. The molecule has 1 aliphatic carbocycles. The number of hydrogen-bond donors (Lipinski definition) is 0. The van der Waals surface area contributed by atoms with Crippen molar-refractivity contribution in [3.8, 4) is 50.2 Å². The van der Waals surface area contributed by atoms with Crippen molar-refractivity contribution < 1.29 is 4.42 Å². The quantitative estimate of drug-likeness (QED) is 0.159. The summed E-state index contributed by atoms with van der Waals surface area (Å²) in [4.78, 5) is 2.43. The van der Waals surface area contributed by atoms with Crippen LogP contribution in [0, 0.1) is 0 Å². The van der Waals surface area contributed by atoms with Crippen molar-refractivity contribution in [1.29, 1.82) is 0 Å². The number of hydrogen-bond acceptors (Lipinski definition) is 2. The van der Waals surface area contributed by atoms with Gasteiger partial charge in [-0.3, -0.25) is 0 Å². The van der Waals surface area contributed by atoms with Gasteiger partial charge in [0.2, 0.25) is 0 Å². The average molecular weight is 861 g/mol. The molecule has 2 heterocycles. The van der Waals surface area contributed by atoms with Crippen molar-refractivity contribution >= 4 is 60.8 Å². The average Bonchev–Trinajstić information content (AvgIpc) is 4.00. The van der Waals surface area contributed by atoms with Crippen molar-refractivity contribution in [2.24, 2.45) is 0 Å². The summed E-state index contributed by atoms with van der Waals surface area (Å²) in [6, 6.07) is 83.7. The van der Waals surface area contributed by atoms with Gasteiger partial charge in [-0.05, 0) is 129 Å². The van der Waals surface area contributed by atoms with E-state index in [1.807, 2.05) is 0 Å². The molecule has 13 rings (SSSR count). The number of fused-ring (bicyclic) bond motifs is 9. The molecule has 0 fully saturated rings. The summed E-state index contributed by atoms with van der Waals surface area (Å²) in [5, 5.41) is 4.71. The molecule has 0 atom stereocenters. The first-order valence-corrected chi connectivity index (χ1v) is 22.8. The number of anilines is 3. The van der Waals surface area contributed by atoms with Crippen LogP contribution in [0.2, 0.25) is 0 Å². The maximum absolute atomic E-state index is 6.58. The van der Waals surface area contributed by atoms with E-state index in [2.05, 4.69) is 254 Å². The van der Waals surface area contributed by atoms with Gasteiger partial charge < -0.3 is 13.9 Å². The molecule has 2 aromatic heterocycles. The van der Waals surface area contributed by atoms with Crippen LogP contribution in [0.15, 0.2) is 235 Å². The van der Waals surface area contributed by atoms with E-state index in [4.69, 9.17) is 4.42 Å². The zero-order valence-electron chi connectivity index (χ0n) is 36.7. The molecule has 0 spiro atoms. The zero-order chi connectivity index (χ0) is 43.9. The fraction of sp³-hybridized carbons (Fsp3) is 0.0625. The maximum atomic E-state index is 6.58. The van der Waals surface area contributed by atoms with Crippen LogP contribution >= 0.6 is 0 Å². The highest BCUT2D eigenvalue weighted by Crippen LogP contribution is 2.54. The summed E-state index contributed by atoms with van der Waals surface area (Å²) in [5.74, 6) is 0. The highest BCUT2D eigenvalue weighted by Gasteiger charge is 2.37. The number of nitrogens with zero attached hydrogens (tertiary/aromatic N) is 2. The van der Waals surface area contributed by atoms with E-state index in [-0.39, 0.29) is 12.8 Å². The Balaban J connectivity index is 0.00000468. The largest absolute Gasteiger partial charge is 0.456 e. The lowest BCUT2D eigenvalue weighted by molar-refractivity contribution is 0.660. The second kappa shape index (κ2) is 15.6. The minimum absolute atomic E-state index is 0. The lowest BCUT2D eigenvalue weighted by atomic mass is 9.82. The topological polar surface area (TPSA) is 21.3 Å². The van der Waals surface area contributed by atoms with E-state index >= 15 is 0 Å². The minimum atomic E-state index is -0.115. The Morgan fingerprint density at radius 3 is 1.75 bits per heavy atom. The Bertz CT molecular complexity index is 3820. The highest BCUT2D eigenvalue weighted by molar-refractivity contribution is 6.14. The predicted octanol–water partition coefficient (Wildman–Crippen LogP) is 18.1. The Morgan fingerprint density at radius 1 is 0.403 bits per heavy atom. The predicted molar refractivity (Wildman–Crippen MR) is 283 cm³/mol. The zero-order valence-corrected chi connectivity index (χ0v) is 36.7. The molecule has 67 heavy (non-hydrogen) atoms. The molecule has 0 unspecified atom stereocenters. The summed E-state index contributed by atoms with van der Waals surface area (Å²) in [6.45, 7) is 4.70.